The van der Waals surface area contributed by atoms with Gasteiger partial charge in [0.1, 0.15) is 12.1 Å². The second-order valence-electron chi connectivity index (χ2n) is 3.76. The number of carbonyl (C=O) groups is 2. The molecule has 0 aliphatic heterocycles. The third-order valence-corrected chi connectivity index (χ3v) is 2.31. The lowest BCUT2D eigenvalue weighted by atomic mass is 10.3. The summed E-state index contributed by atoms with van der Waals surface area (Å²) in [5.41, 5.74) is -1.81. The van der Waals surface area contributed by atoms with Crippen LogP contribution < -0.4 is 11.2 Å². The SMILES string of the molecule is C=CCN(CC(=O)OCC)C(=O)c1c[nH]c(=O)[nH]c1=O. The molecule has 1 aromatic heterocycles. The maximum atomic E-state index is 12.1. The highest BCUT2D eigenvalue weighted by Gasteiger charge is 2.21. The minimum absolute atomic E-state index is 0.0657. The Morgan fingerprint density at radius 1 is 1.45 bits per heavy atom. The van der Waals surface area contributed by atoms with Gasteiger partial charge in [-0.25, -0.2) is 4.79 Å². The molecule has 0 aliphatic carbocycles. The fourth-order valence-corrected chi connectivity index (χ4v) is 1.48. The molecule has 0 aromatic carbocycles. The average Bonchev–Trinajstić information content (AvgIpc) is 2.38. The zero-order valence-electron chi connectivity index (χ0n) is 11.0. The van der Waals surface area contributed by atoms with Crippen molar-refractivity contribution < 1.29 is 14.3 Å². The van der Waals surface area contributed by atoms with Gasteiger partial charge < -0.3 is 14.6 Å². The van der Waals surface area contributed by atoms with E-state index in [2.05, 4.69) is 11.6 Å². The number of amides is 1. The number of H-pyrrole nitrogens is 2. The minimum atomic E-state index is -0.823. The Labute approximate surface area is 114 Å². The Kier molecular flexibility index (Phi) is 5.45. The van der Waals surface area contributed by atoms with E-state index >= 15 is 0 Å². The maximum absolute atomic E-state index is 12.1. The van der Waals surface area contributed by atoms with Crippen molar-refractivity contribution in [3.63, 3.8) is 0 Å². The summed E-state index contributed by atoms with van der Waals surface area (Å²) in [7, 11) is 0. The van der Waals surface area contributed by atoms with Gasteiger partial charge in [-0.15, -0.1) is 6.58 Å². The average molecular weight is 281 g/mol. The van der Waals surface area contributed by atoms with Gasteiger partial charge in [0.15, 0.2) is 0 Å². The maximum Gasteiger partial charge on any atom is 0.325 e. The Balaban J connectivity index is 2.98. The van der Waals surface area contributed by atoms with Crippen LogP contribution in [-0.4, -0.2) is 46.4 Å². The summed E-state index contributed by atoms with van der Waals surface area (Å²) in [4.78, 5) is 51.2. The molecule has 0 saturated carbocycles. The molecular formula is C12H15N3O5. The van der Waals surface area contributed by atoms with Gasteiger partial charge in [0.05, 0.1) is 6.61 Å². The summed E-state index contributed by atoms with van der Waals surface area (Å²) in [5, 5.41) is 0. The summed E-state index contributed by atoms with van der Waals surface area (Å²) >= 11 is 0. The van der Waals surface area contributed by atoms with Gasteiger partial charge in [0.2, 0.25) is 0 Å². The molecule has 0 saturated heterocycles. The number of esters is 1. The Hall–Kier alpha value is -2.64. The van der Waals surface area contributed by atoms with Crippen molar-refractivity contribution in [3.05, 3.63) is 45.3 Å². The van der Waals surface area contributed by atoms with Crippen molar-refractivity contribution in [1.82, 2.24) is 14.9 Å². The number of nitrogens with zero attached hydrogens (tertiary/aromatic N) is 1. The molecule has 2 N–H and O–H groups in total. The van der Waals surface area contributed by atoms with E-state index in [9.17, 15) is 19.2 Å². The van der Waals surface area contributed by atoms with Crippen LogP contribution in [0.4, 0.5) is 0 Å². The number of hydrogen-bond acceptors (Lipinski definition) is 5. The van der Waals surface area contributed by atoms with Crippen LogP contribution in [0.15, 0.2) is 28.4 Å². The van der Waals surface area contributed by atoms with Crippen molar-refractivity contribution >= 4 is 11.9 Å². The van der Waals surface area contributed by atoms with Crippen LogP contribution in [0.2, 0.25) is 0 Å². The topological polar surface area (TPSA) is 112 Å². The van der Waals surface area contributed by atoms with Crippen molar-refractivity contribution in [3.8, 4) is 0 Å². The number of aromatic nitrogens is 2. The molecule has 8 nitrogen and oxygen atoms in total. The molecule has 0 fully saturated rings. The van der Waals surface area contributed by atoms with E-state index in [1.807, 2.05) is 4.98 Å². The molecule has 1 heterocycles. The number of hydrogen-bond donors (Lipinski definition) is 2. The zero-order valence-corrected chi connectivity index (χ0v) is 11.0. The third kappa shape index (κ3) is 3.94. The summed E-state index contributed by atoms with van der Waals surface area (Å²) in [5.74, 6) is -1.29. The first-order valence-electron chi connectivity index (χ1n) is 5.87. The van der Waals surface area contributed by atoms with Crippen molar-refractivity contribution in [2.24, 2.45) is 0 Å². The van der Waals surface area contributed by atoms with Gasteiger partial charge in [-0.05, 0) is 6.92 Å². The van der Waals surface area contributed by atoms with Gasteiger partial charge >= 0.3 is 11.7 Å². The Morgan fingerprint density at radius 3 is 2.70 bits per heavy atom. The predicted molar refractivity (Wildman–Crippen MR) is 70.4 cm³/mol. The van der Waals surface area contributed by atoms with Gasteiger partial charge in [0.25, 0.3) is 11.5 Å². The van der Waals surface area contributed by atoms with E-state index in [0.29, 0.717) is 0 Å². The standard InChI is InChI=1S/C12H15N3O5/c1-3-5-15(7-9(16)20-4-2)11(18)8-6-13-12(19)14-10(8)17/h3,6H,1,4-5,7H2,2H3,(H2,13,14,17,19). The lowest BCUT2D eigenvalue weighted by Crippen LogP contribution is -2.40. The normalized spacial score (nSPS) is 9.85. The Morgan fingerprint density at radius 2 is 2.15 bits per heavy atom. The molecule has 20 heavy (non-hydrogen) atoms. The summed E-state index contributed by atoms with van der Waals surface area (Å²) in [6.45, 7) is 5.07. The molecule has 1 aromatic rings. The van der Waals surface area contributed by atoms with Gasteiger partial charge in [-0.1, -0.05) is 6.08 Å². The number of carbonyl (C=O) groups excluding carboxylic acids is 2. The lowest BCUT2D eigenvalue weighted by molar-refractivity contribution is -0.143. The fourth-order valence-electron chi connectivity index (χ4n) is 1.48. The summed E-state index contributed by atoms with van der Waals surface area (Å²) in [6, 6.07) is 0. The third-order valence-electron chi connectivity index (χ3n) is 2.31. The van der Waals surface area contributed by atoms with E-state index in [1.54, 1.807) is 6.92 Å². The first-order chi connectivity index (χ1) is 9.49. The number of rotatable bonds is 6. The molecule has 0 radical (unpaired) electrons. The van der Waals surface area contributed by atoms with E-state index in [1.165, 1.54) is 6.08 Å². The van der Waals surface area contributed by atoms with Crippen LogP contribution >= 0.6 is 0 Å². The van der Waals surface area contributed by atoms with Gasteiger partial charge in [0, 0.05) is 12.7 Å². The Bertz CT molecular complexity index is 616. The lowest BCUT2D eigenvalue weighted by Gasteiger charge is -2.19. The monoisotopic (exact) mass is 281 g/mol. The van der Waals surface area contributed by atoms with Crippen LogP contribution in [0.25, 0.3) is 0 Å². The molecule has 0 aliphatic rings. The number of aromatic amines is 2. The van der Waals surface area contributed by atoms with Gasteiger partial charge in [-0.3, -0.25) is 19.4 Å². The quantitative estimate of drug-likeness (QED) is 0.526. The molecule has 108 valence electrons. The molecule has 8 heteroatoms. The molecule has 1 rings (SSSR count). The van der Waals surface area contributed by atoms with E-state index in [0.717, 1.165) is 11.1 Å². The molecular weight excluding hydrogens is 266 g/mol. The molecule has 0 bridgehead atoms. The van der Waals surface area contributed by atoms with Crippen molar-refractivity contribution in [2.75, 3.05) is 19.7 Å². The van der Waals surface area contributed by atoms with Crippen LogP contribution in [0.3, 0.4) is 0 Å². The minimum Gasteiger partial charge on any atom is -0.465 e. The van der Waals surface area contributed by atoms with E-state index in [-0.39, 0.29) is 25.3 Å². The first-order valence-corrected chi connectivity index (χ1v) is 5.87. The highest BCUT2D eigenvalue weighted by atomic mass is 16.5. The highest BCUT2D eigenvalue weighted by Crippen LogP contribution is 1.99. The number of ether oxygens (including phenoxy) is 1. The van der Waals surface area contributed by atoms with E-state index in [4.69, 9.17) is 4.74 Å². The molecule has 1 amide bonds. The predicted octanol–water partition coefficient (Wildman–Crippen LogP) is -0.745. The van der Waals surface area contributed by atoms with Crippen molar-refractivity contribution in [2.45, 2.75) is 6.92 Å². The van der Waals surface area contributed by atoms with E-state index < -0.39 is 23.1 Å². The largest absolute Gasteiger partial charge is 0.465 e. The van der Waals surface area contributed by atoms with Crippen LogP contribution in [0, 0.1) is 0 Å². The highest BCUT2D eigenvalue weighted by molar-refractivity contribution is 5.95. The van der Waals surface area contributed by atoms with Crippen LogP contribution in [-0.2, 0) is 9.53 Å². The molecule has 0 spiro atoms. The number of nitrogens with one attached hydrogen (secondary N) is 2. The zero-order chi connectivity index (χ0) is 15.1. The molecule has 0 unspecified atom stereocenters. The smallest absolute Gasteiger partial charge is 0.325 e. The second-order valence-corrected chi connectivity index (χ2v) is 3.76. The fraction of sp³-hybridized carbons (Fsp3) is 0.333. The summed E-state index contributed by atoms with van der Waals surface area (Å²) in [6.07, 6.45) is 2.42. The van der Waals surface area contributed by atoms with Crippen LogP contribution in [0.1, 0.15) is 17.3 Å². The summed E-state index contributed by atoms with van der Waals surface area (Å²) < 4.78 is 4.74. The molecule has 0 atom stereocenters. The first kappa shape index (κ1) is 15.4. The second kappa shape index (κ2) is 7.07. The van der Waals surface area contributed by atoms with Crippen LogP contribution in [0.5, 0.6) is 0 Å². The van der Waals surface area contributed by atoms with Gasteiger partial charge in [-0.2, -0.15) is 0 Å². The van der Waals surface area contributed by atoms with Crippen molar-refractivity contribution in [1.29, 1.82) is 0 Å².